The first-order valence-corrected chi connectivity index (χ1v) is 6.93. The lowest BCUT2D eigenvalue weighted by Crippen LogP contribution is -2.17. The minimum atomic E-state index is -0.601. The van der Waals surface area contributed by atoms with Gasteiger partial charge < -0.3 is 5.32 Å². The molecule has 0 radical (unpaired) electrons. The molecule has 0 spiro atoms. The summed E-state index contributed by atoms with van der Waals surface area (Å²) in [5.74, 6) is -0.601. The Morgan fingerprint density at radius 2 is 2.05 bits per heavy atom. The van der Waals surface area contributed by atoms with E-state index >= 15 is 0 Å². The molecule has 0 heterocycles. The summed E-state index contributed by atoms with van der Waals surface area (Å²) in [5.41, 5.74) is 2.58. The number of hydrogen-bond donors (Lipinski definition) is 1. The number of nitrogens with one attached hydrogen (secondary N) is 1. The van der Waals surface area contributed by atoms with Crippen molar-refractivity contribution in [3.63, 3.8) is 0 Å². The van der Waals surface area contributed by atoms with Crippen molar-refractivity contribution in [1.29, 1.82) is 0 Å². The minimum Gasteiger partial charge on any atom is -0.373 e. The Morgan fingerprint density at radius 1 is 1.24 bits per heavy atom. The molecule has 1 aliphatic rings. The molecule has 0 fully saturated rings. The van der Waals surface area contributed by atoms with Crippen molar-refractivity contribution in [2.45, 2.75) is 25.3 Å². The van der Waals surface area contributed by atoms with Crippen LogP contribution < -0.4 is 5.32 Å². The number of nitro benzene ring substituents is 1. The van der Waals surface area contributed by atoms with Crippen LogP contribution in [0.1, 0.15) is 30.0 Å². The van der Waals surface area contributed by atoms with Gasteiger partial charge in [-0.05, 0) is 42.5 Å². The van der Waals surface area contributed by atoms with E-state index in [0.717, 1.165) is 25.3 Å². The molecule has 1 atom stereocenters. The Balaban J connectivity index is 1.93. The highest BCUT2D eigenvalue weighted by Crippen LogP contribution is 2.35. The average molecular weight is 286 g/mol. The SMILES string of the molecule is O=[N+]([O-])c1cc(F)ccc1NC1CCCc2ccccc21. The van der Waals surface area contributed by atoms with Gasteiger partial charge in [-0.25, -0.2) is 4.39 Å². The number of nitro groups is 1. The number of hydrogen-bond acceptors (Lipinski definition) is 3. The molecule has 0 aromatic heterocycles. The molecule has 4 nitrogen and oxygen atoms in total. The van der Waals surface area contributed by atoms with Gasteiger partial charge >= 0.3 is 0 Å². The van der Waals surface area contributed by atoms with Crippen molar-refractivity contribution in [2.75, 3.05) is 5.32 Å². The lowest BCUT2D eigenvalue weighted by atomic mass is 9.87. The summed E-state index contributed by atoms with van der Waals surface area (Å²) in [6.07, 6.45) is 2.97. The highest BCUT2D eigenvalue weighted by atomic mass is 19.1. The van der Waals surface area contributed by atoms with E-state index < -0.39 is 10.7 Å². The lowest BCUT2D eigenvalue weighted by molar-refractivity contribution is -0.384. The Hall–Kier alpha value is -2.43. The smallest absolute Gasteiger partial charge is 0.295 e. The Labute approximate surface area is 121 Å². The van der Waals surface area contributed by atoms with Crippen LogP contribution in [0.2, 0.25) is 0 Å². The van der Waals surface area contributed by atoms with Gasteiger partial charge in [0, 0.05) is 0 Å². The predicted molar refractivity (Wildman–Crippen MR) is 78.8 cm³/mol. The topological polar surface area (TPSA) is 55.2 Å². The van der Waals surface area contributed by atoms with Gasteiger partial charge in [-0.15, -0.1) is 0 Å². The third-order valence-electron chi connectivity index (χ3n) is 3.86. The van der Waals surface area contributed by atoms with Gasteiger partial charge in [0.2, 0.25) is 0 Å². The molecule has 0 saturated heterocycles. The third-order valence-corrected chi connectivity index (χ3v) is 3.86. The number of halogens is 1. The van der Waals surface area contributed by atoms with E-state index in [0.29, 0.717) is 5.69 Å². The molecule has 0 aliphatic heterocycles. The number of benzene rings is 2. The molecule has 0 amide bonds. The zero-order valence-corrected chi connectivity index (χ0v) is 11.4. The second-order valence-electron chi connectivity index (χ2n) is 5.21. The van der Waals surface area contributed by atoms with Crippen LogP contribution in [0.4, 0.5) is 15.8 Å². The second-order valence-corrected chi connectivity index (χ2v) is 5.21. The summed E-state index contributed by atoms with van der Waals surface area (Å²) in [6, 6.07) is 11.8. The van der Waals surface area contributed by atoms with Crippen molar-refractivity contribution in [2.24, 2.45) is 0 Å². The average Bonchev–Trinajstić information content (AvgIpc) is 2.49. The summed E-state index contributed by atoms with van der Waals surface area (Å²) in [7, 11) is 0. The van der Waals surface area contributed by atoms with Crippen LogP contribution in [0.3, 0.4) is 0 Å². The summed E-state index contributed by atoms with van der Waals surface area (Å²) >= 11 is 0. The standard InChI is InChI=1S/C16H15FN2O2/c17-12-8-9-15(16(10-12)19(20)21)18-14-7-3-5-11-4-1-2-6-13(11)14/h1-2,4,6,8-10,14,18H,3,5,7H2. The van der Waals surface area contributed by atoms with Gasteiger partial charge in [0.05, 0.1) is 17.0 Å². The van der Waals surface area contributed by atoms with Crippen LogP contribution in [0.5, 0.6) is 0 Å². The normalized spacial score (nSPS) is 17.1. The van der Waals surface area contributed by atoms with Crippen LogP contribution in [0, 0.1) is 15.9 Å². The minimum absolute atomic E-state index is 0.0270. The first kappa shape index (κ1) is 13.5. The number of anilines is 1. The van der Waals surface area contributed by atoms with Crippen molar-refractivity contribution in [1.82, 2.24) is 0 Å². The van der Waals surface area contributed by atoms with Gasteiger partial charge in [-0.2, -0.15) is 0 Å². The van der Waals surface area contributed by atoms with Crippen molar-refractivity contribution < 1.29 is 9.31 Å². The highest BCUT2D eigenvalue weighted by molar-refractivity contribution is 5.62. The van der Waals surface area contributed by atoms with Crippen LogP contribution in [-0.2, 0) is 6.42 Å². The molecular formula is C16H15FN2O2. The second kappa shape index (κ2) is 5.52. The van der Waals surface area contributed by atoms with E-state index in [2.05, 4.69) is 11.4 Å². The number of aryl methyl sites for hydroxylation is 1. The van der Waals surface area contributed by atoms with E-state index in [4.69, 9.17) is 0 Å². The molecular weight excluding hydrogens is 271 g/mol. The Bertz CT molecular complexity index is 688. The molecule has 5 heteroatoms. The Morgan fingerprint density at radius 3 is 2.86 bits per heavy atom. The van der Waals surface area contributed by atoms with E-state index in [1.54, 1.807) is 0 Å². The van der Waals surface area contributed by atoms with Gasteiger partial charge in [-0.1, -0.05) is 24.3 Å². The fraction of sp³-hybridized carbons (Fsp3) is 0.250. The van der Waals surface area contributed by atoms with Crippen molar-refractivity contribution >= 4 is 11.4 Å². The zero-order valence-electron chi connectivity index (χ0n) is 11.4. The molecule has 108 valence electrons. The summed E-state index contributed by atoms with van der Waals surface area (Å²) in [6.45, 7) is 0. The van der Waals surface area contributed by atoms with Crippen LogP contribution in [0.25, 0.3) is 0 Å². The van der Waals surface area contributed by atoms with Gasteiger partial charge in [-0.3, -0.25) is 10.1 Å². The fourth-order valence-corrected chi connectivity index (χ4v) is 2.87. The molecule has 2 aromatic rings. The molecule has 1 unspecified atom stereocenters. The lowest BCUT2D eigenvalue weighted by Gasteiger charge is -2.27. The maximum atomic E-state index is 13.2. The van der Waals surface area contributed by atoms with E-state index in [9.17, 15) is 14.5 Å². The molecule has 2 aromatic carbocycles. The van der Waals surface area contributed by atoms with E-state index in [1.165, 1.54) is 23.3 Å². The molecule has 1 aliphatic carbocycles. The highest BCUT2D eigenvalue weighted by Gasteiger charge is 2.23. The Kier molecular flexibility index (Phi) is 3.56. The predicted octanol–water partition coefficient (Wildman–Crippen LogP) is 4.22. The van der Waals surface area contributed by atoms with Crippen LogP contribution >= 0.6 is 0 Å². The number of nitrogens with zero attached hydrogens (tertiary/aromatic N) is 1. The largest absolute Gasteiger partial charge is 0.373 e. The third kappa shape index (κ3) is 2.72. The monoisotopic (exact) mass is 286 g/mol. The van der Waals surface area contributed by atoms with Crippen molar-refractivity contribution in [3.05, 3.63) is 69.5 Å². The maximum Gasteiger partial charge on any atom is 0.295 e. The first-order valence-electron chi connectivity index (χ1n) is 6.93. The maximum absolute atomic E-state index is 13.2. The molecule has 3 rings (SSSR count). The van der Waals surface area contributed by atoms with Crippen LogP contribution in [0.15, 0.2) is 42.5 Å². The summed E-state index contributed by atoms with van der Waals surface area (Å²) < 4.78 is 13.2. The quantitative estimate of drug-likeness (QED) is 0.678. The van der Waals surface area contributed by atoms with Gasteiger partial charge in [0.15, 0.2) is 0 Å². The van der Waals surface area contributed by atoms with Gasteiger partial charge in [0.25, 0.3) is 5.69 Å². The molecule has 0 saturated carbocycles. The summed E-state index contributed by atoms with van der Waals surface area (Å²) in [5, 5.41) is 14.3. The van der Waals surface area contributed by atoms with E-state index in [-0.39, 0.29) is 11.7 Å². The van der Waals surface area contributed by atoms with Gasteiger partial charge in [0.1, 0.15) is 11.5 Å². The van der Waals surface area contributed by atoms with E-state index in [1.807, 2.05) is 18.2 Å². The molecule has 1 N–H and O–H groups in total. The first-order chi connectivity index (χ1) is 10.1. The summed E-state index contributed by atoms with van der Waals surface area (Å²) in [4.78, 5) is 10.5. The zero-order chi connectivity index (χ0) is 14.8. The fourth-order valence-electron chi connectivity index (χ4n) is 2.87. The van der Waals surface area contributed by atoms with Crippen molar-refractivity contribution in [3.8, 4) is 0 Å². The number of rotatable bonds is 3. The van der Waals surface area contributed by atoms with Crippen LogP contribution in [-0.4, -0.2) is 4.92 Å². The molecule has 0 bridgehead atoms. The number of fused-ring (bicyclic) bond motifs is 1. The molecule has 21 heavy (non-hydrogen) atoms.